The van der Waals surface area contributed by atoms with Crippen molar-refractivity contribution in [1.29, 1.82) is 5.26 Å². The van der Waals surface area contributed by atoms with Gasteiger partial charge in [-0.2, -0.15) is 5.26 Å². The largest absolute Gasteiger partial charge is 0.302 e. The molecule has 1 saturated carbocycles. The molecule has 2 atom stereocenters. The first kappa shape index (κ1) is 15.7. The predicted octanol–water partition coefficient (Wildman–Crippen LogP) is 0.920. The smallest absolute Gasteiger partial charge is 0.151 e. The monoisotopic (exact) mass is 299 g/mol. The van der Waals surface area contributed by atoms with Gasteiger partial charge in [0.25, 0.3) is 0 Å². The van der Waals surface area contributed by atoms with Gasteiger partial charge in [0.15, 0.2) is 9.84 Å². The molecule has 0 spiro atoms. The maximum Gasteiger partial charge on any atom is 0.151 e. The average Bonchev–Trinajstić information content (AvgIpc) is 3.10. The molecule has 2 aliphatic rings. The lowest BCUT2D eigenvalue weighted by molar-refractivity contribution is 0.247. The topological polar surface area (TPSA) is 73.2 Å². The first-order valence-corrected chi connectivity index (χ1v) is 9.25. The summed E-state index contributed by atoms with van der Waals surface area (Å²) in [6.07, 6.45) is 4.82. The summed E-state index contributed by atoms with van der Waals surface area (Å²) < 4.78 is 22.9. The Morgan fingerprint density at radius 1 is 1.40 bits per heavy atom. The van der Waals surface area contributed by atoms with Crippen LogP contribution in [0.2, 0.25) is 0 Å². The van der Waals surface area contributed by atoms with E-state index in [1.54, 1.807) is 0 Å². The SMILES string of the molecule is CN(CCCC(C)(C#N)NC1CC1)C1CCS(=O)(=O)C1. The van der Waals surface area contributed by atoms with Gasteiger partial charge in [0.05, 0.1) is 17.6 Å². The van der Waals surface area contributed by atoms with E-state index in [-0.39, 0.29) is 6.04 Å². The fourth-order valence-electron chi connectivity index (χ4n) is 2.83. The standard InChI is InChI=1S/C14H25N3O2S/c1-14(11-15,16-12-4-5-12)7-3-8-17(2)13-6-9-20(18,19)10-13/h12-13,16H,3-10H2,1-2H3. The molecule has 0 aromatic heterocycles. The summed E-state index contributed by atoms with van der Waals surface area (Å²) in [5.74, 6) is 0.612. The molecule has 0 amide bonds. The maximum absolute atomic E-state index is 11.5. The van der Waals surface area contributed by atoms with Gasteiger partial charge in [0.2, 0.25) is 0 Å². The van der Waals surface area contributed by atoms with E-state index in [9.17, 15) is 13.7 Å². The van der Waals surface area contributed by atoms with Crippen LogP contribution in [-0.4, -0.2) is 56.0 Å². The van der Waals surface area contributed by atoms with E-state index in [0.717, 1.165) is 25.8 Å². The molecule has 2 rings (SSSR count). The van der Waals surface area contributed by atoms with Crippen LogP contribution in [-0.2, 0) is 9.84 Å². The molecule has 0 aromatic carbocycles. The van der Waals surface area contributed by atoms with Gasteiger partial charge in [-0.25, -0.2) is 8.42 Å². The highest BCUT2D eigenvalue weighted by atomic mass is 32.2. The Morgan fingerprint density at radius 2 is 2.10 bits per heavy atom. The van der Waals surface area contributed by atoms with Crippen LogP contribution in [0.5, 0.6) is 0 Å². The molecule has 2 unspecified atom stereocenters. The van der Waals surface area contributed by atoms with E-state index in [1.807, 2.05) is 14.0 Å². The Kier molecular flexibility index (Phi) is 4.73. The Hall–Kier alpha value is -0.640. The van der Waals surface area contributed by atoms with Crippen molar-refractivity contribution >= 4 is 9.84 Å². The molecule has 0 aromatic rings. The summed E-state index contributed by atoms with van der Waals surface area (Å²) in [5.41, 5.74) is -0.441. The molecule has 114 valence electrons. The first-order valence-electron chi connectivity index (χ1n) is 7.43. The molecule has 1 N–H and O–H groups in total. The van der Waals surface area contributed by atoms with Crippen molar-refractivity contribution < 1.29 is 8.42 Å². The molecular formula is C14H25N3O2S. The van der Waals surface area contributed by atoms with Crippen LogP contribution in [0.15, 0.2) is 0 Å². The van der Waals surface area contributed by atoms with Crippen molar-refractivity contribution in [1.82, 2.24) is 10.2 Å². The van der Waals surface area contributed by atoms with Crippen molar-refractivity contribution in [2.75, 3.05) is 25.1 Å². The van der Waals surface area contributed by atoms with Gasteiger partial charge in [-0.3, -0.25) is 5.32 Å². The molecule has 1 aliphatic carbocycles. The average molecular weight is 299 g/mol. The van der Waals surface area contributed by atoms with Crippen LogP contribution < -0.4 is 5.32 Å². The van der Waals surface area contributed by atoms with Gasteiger partial charge in [-0.1, -0.05) is 0 Å². The third-order valence-corrected chi connectivity index (χ3v) is 6.12. The summed E-state index contributed by atoms with van der Waals surface area (Å²) in [6.45, 7) is 2.81. The second kappa shape index (κ2) is 6.00. The van der Waals surface area contributed by atoms with Gasteiger partial charge in [-0.05, 0) is 52.6 Å². The van der Waals surface area contributed by atoms with E-state index < -0.39 is 15.4 Å². The summed E-state index contributed by atoms with van der Waals surface area (Å²) in [7, 11) is -0.823. The molecule has 0 bridgehead atoms. The van der Waals surface area contributed by atoms with E-state index in [0.29, 0.717) is 17.5 Å². The highest BCUT2D eigenvalue weighted by molar-refractivity contribution is 7.91. The van der Waals surface area contributed by atoms with Crippen LogP contribution in [0, 0.1) is 11.3 Å². The molecule has 1 saturated heterocycles. The van der Waals surface area contributed by atoms with Gasteiger partial charge >= 0.3 is 0 Å². The lowest BCUT2D eigenvalue weighted by Crippen LogP contribution is -2.43. The van der Waals surface area contributed by atoms with E-state index in [2.05, 4.69) is 16.3 Å². The van der Waals surface area contributed by atoms with E-state index in [1.165, 1.54) is 12.8 Å². The number of hydrogen-bond acceptors (Lipinski definition) is 5. The van der Waals surface area contributed by atoms with Gasteiger partial charge in [0.1, 0.15) is 5.54 Å². The molecule has 20 heavy (non-hydrogen) atoms. The maximum atomic E-state index is 11.5. The minimum absolute atomic E-state index is 0.157. The number of nitrogens with zero attached hydrogens (tertiary/aromatic N) is 2. The molecule has 5 nitrogen and oxygen atoms in total. The Labute approximate surface area is 122 Å². The van der Waals surface area contributed by atoms with Crippen LogP contribution in [0.25, 0.3) is 0 Å². The van der Waals surface area contributed by atoms with Crippen LogP contribution >= 0.6 is 0 Å². The third kappa shape index (κ3) is 4.44. The minimum atomic E-state index is -2.81. The Bertz CT molecular complexity index is 481. The Balaban J connectivity index is 1.73. The molecule has 0 radical (unpaired) electrons. The third-order valence-electron chi connectivity index (χ3n) is 4.37. The van der Waals surface area contributed by atoms with E-state index in [4.69, 9.17) is 0 Å². The lowest BCUT2D eigenvalue weighted by Gasteiger charge is -2.27. The number of hydrogen-bond donors (Lipinski definition) is 1. The zero-order valence-electron chi connectivity index (χ0n) is 12.4. The van der Waals surface area contributed by atoms with Gasteiger partial charge in [-0.15, -0.1) is 0 Å². The normalized spacial score (nSPS) is 28.2. The zero-order valence-corrected chi connectivity index (χ0v) is 13.2. The second-order valence-corrected chi connectivity index (χ2v) is 8.73. The summed E-state index contributed by atoms with van der Waals surface area (Å²) in [5, 5.41) is 12.7. The second-order valence-electron chi connectivity index (χ2n) is 6.50. The van der Waals surface area contributed by atoms with E-state index >= 15 is 0 Å². The Morgan fingerprint density at radius 3 is 2.60 bits per heavy atom. The van der Waals surface area contributed by atoms with Crippen molar-refractivity contribution in [3.8, 4) is 6.07 Å². The fraction of sp³-hybridized carbons (Fsp3) is 0.929. The molecule has 6 heteroatoms. The quantitative estimate of drug-likeness (QED) is 0.757. The predicted molar refractivity (Wildman–Crippen MR) is 79.1 cm³/mol. The van der Waals surface area contributed by atoms with Gasteiger partial charge in [0, 0.05) is 12.1 Å². The number of rotatable bonds is 7. The summed E-state index contributed by atoms with van der Waals surface area (Å²) >= 11 is 0. The number of sulfone groups is 1. The molecular weight excluding hydrogens is 274 g/mol. The number of nitrogens with one attached hydrogen (secondary N) is 1. The van der Waals surface area contributed by atoms with Crippen LogP contribution in [0.1, 0.15) is 39.0 Å². The molecule has 1 aliphatic heterocycles. The lowest BCUT2D eigenvalue weighted by atomic mass is 9.97. The summed E-state index contributed by atoms with van der Waals surface area (Å²) in [4.78, 5) is 2.14. The van der Waals surface area contributed by atoms with Crippen molar-refractivity contribution in [3.63, 3.8) is 0 Å². The first-order chi connectivity index (χ1) is 9.34. The number of nitriles is 1. The van der Waals surface area contributed by atoms with Gasteiger partial charge < -0.3 is 4.90 Å². The van der Waals surface area contributed by atoms with Crippen molar-refractivity contribution in [3.05, 3.63) is 0 Å². The zero-order chi connectivity index (χ0) is 14.8. The van der Waals surface area contributed by atoms with Crippen molar-refractivity contribution in [2.24, 2.45) is 0 Å². The summed E-state index contributed by atoms with van der Waals surface area (Å²) in [6, 6.07) is 3.06. The molecule has 1 heterocycles. The molecule has 2 fully saturated rings. The van der Waals surface area contributed by atoms with Crippen molar-refractivity contribution in [2.45, 2.75) is 56.7 Å². The van der Waals surface area contributed by atoms with Crippen LogP contribution in [0.3, 0.4) is 0 Å². The highest BCUT2D eigenvalue weighted by Crippen LogP contribution is 2.25. The fourth-order valence-corrected chi connectivity index (χ4v) is 4.63. The highest BCUT2D eigenvalue weighted by Gasteiger charge is 2.33. The minimum Gasteiger partial charge on any atom is -0.302 e. The van der Waals surface area contributed by atoms with Crippen LogP contribution in [0.4, 0.5) is 0 Å².